The maximum atomic E-state index is 6.40. The molecule has 2 nitrogen and oxygen atoms in total. The molecular weight excluding hydrogens is 184 g/mol. The predicted octanol–water partition coefficient (Wildman–Crippen LogP) is 2.34. The van der Waals surface area contributed by atoms with Crippen LogP contribution in [0.3, 0.4) is 0 Å². The van der Waals surface area contributed by atoms with Crippen molar-refractivity contribution in [2.75, 3.05) is 19.0 Å². The van der Waals surface area contributed by atoms with Crippen molar-refractivity contribution in [1.29, 1.82) is 0 Å². The van der Waals surface area contributed by atoms with Crippen LogP contribution in [0.15, 0.2) is 24.3 Å². The van der Waals surface area contributed by atoms with Gasteiger partial charge in [-0.1, -0.05) is 26.0 Å². The molecule has 0 radical (unpaired) electrons. The number of nitrogens with two attached hydrogens (primary N) is 1. The Kier molecular flexibility index (Phi) is 2.09. The van der Waals surface area contributed by atoms with Crippen LogP contribution in [0.2, 0.25) is 0 Å². The summed E-state index contributed by atoms with van der Waals surface area (Å²) >= 11 is 0. The SMILES string of the molecule is CN(C)c1cccc(C2(N)CC2(C)C)c1. The summed E-state index contributed by atoms with van der Waals surface area (Å²) in [5, 5.41) is 0. The summed E-state index contributed by atoms with van der Waals surface area (Å²) < 4.78 is 0. The third-order valence-electron chi connectivity index (χ3n) is 3.68. The molecule has 1 aliphatic carbocycles. The van der Waals surface area contributed by atoms with Crippen molar-refractivity contribution in [2.45, 2.75) is 25.8 Å². The van der Waals surface area contributed by atoms with Crippen LogP contribution in [-0.2, 0) is 5.54 Å². The minimum Gasteiger partial charge on any atom is -0.378 e. The molecule has 0 spiro atoms. The van der Waals surface area contributed by atoms with Gasteiger partial charge >= 0.3 is 0 Å². The van der Waals surface area contributed by atoms with E-state index in [1.807, 2.05) is 0 Å². The molecule has 0 aromatic heterocycles. The second kappa shape index (κ2) is 2.99. The van der Waals surface area contributed by atoms with Gasteiger partial charge in [-0.25, -0.2) is 0 Å². The summed E-state index contributed by atoms with van der Waals surface area (Å²) in [4.78, 5) is 2.11. The van der Waals surface area contributed by atoms with Crippen LogP contribution in [0.4, 0.5) is 5.69 Å². The second-order valence-corrected chi connectivity index (χ2v) is 5.48. The first kappa shape index (κ1) is 10.5. The van der Waals surface area contributed by atoms with Gasteiger partial charge in [0.1, 0.15) is 0 Å². The van der Waals surface area contributed by atoms with Gasteiger partial charge in [-0.3, -0.25) is 0 Å². The first-order chi connectivity index (χ1) is 6.87. The van der Waals surface area contributed by atoms with E-state index in [9.17, 15) is 0 Å². The average Bonchev–Trinajstić information content (AvgIpc) is 2.68. The Morgan fingerprint density at radius 1 is 1.27 bits per heavy atom. The van der Waals surface area contributed by atoms with E-state index in [0.717, 1.165) is 6.42 Å². The van der Waals surface area contributed by atoms with Gasteiger partial charge in [0.25, 0.3) is 0 Å². The zero-order chi connectivity index (χ0) is 11.3. The molecular formula is C13H20N2. The molecule has 2 N–H and O–H groups in total. The van der Waals surface area contributed by atoms with E-state index in [4.69, 9.17) is 5.73 Å². The number of nitrogens with zero attached hydrogens (tertiary/aromatic N) is 1. The highest BCUT2D eigenvalue weighted by molar-refractivity contribution is 5.50. The van der Waals surface area contributed by atoms with Crippen LogP contribution < -0.4 is 10.6 Å². The predicted molar refractivity (Wildman–Crippen MR) is 65.0 cm³/mol. The van der Waals surface area contributed by atoms with Crippen LogP contribution in [0, 0.1) is 5.41 Å². The Balaban J connectivity index is 2.35. The Morgan fingerprint density at radius 2 is 1.87 bits per heavy atom. The van der Waals surface area contributed by atoms with Gasteiger partial charge in [-0.2, -0.15) is 0 Å². The largest absolute Gasteiger partial charge is 0.378 e. The van der Waals surface area contributed by atoms with E-state index in [1.54, 1.807) is 0 Å². The van der Waals surface area contributed by atoms with Crippen LogP contribution >= 0.6 is 0 Å². The molecule has 1 saturated carbocycles. The third-order valence-corrected chi connectivity index (χ3v) is 3.68. The molecule has 15 heavy (non-hydrogen) atoms. The summed E-state index contributed by atoms with van der Waals surface area (Å²) in [6.07, 6.45) is 1.08. The van der Waals surface area contributed by atoms with Gasteiger partial charge in [-0.15, -0.1) is 0 Å². The van der Waals surface area contributed by atoms with Crippen molar-refractivity contribution in [3.8, 4) is 0 Å². The molecule has 1 unspecified atom stereocenters. The monoisotopic (exact) mass is 204 g/mol. The molecule has 0 heterocycles. The Bertz CT molecular complexity index is 382. The van der Waals surface area contributed by atoms with Gasteiger partial charge in [0.05, 0.1) is 0 Å². The van der Waals surface area contributed by atoms with Crippen LogP contribution in [0.5, 0.6) is 0 Å². The number of benzene rings is 1. The van der Waals surface area contributed by atoms with Crippen molar-refractivity contribution in [3.63, 3.8) is 0 Å². The lowest BCUT2D eigenvalue weighted by molar-refractivity contribution is 0.510. The smallest absolute Gasteiger partial charge is 0.0468 e. The van der Waals surface area contributed by atoms with Crippen molar-refractivity contribution in [1.82, 2.24) is 0 Å². The maximum Gasteiger partial charge on any atom is 0.0468 e. The number of hydrogen-bond acceptors (Lipinski definition) is 2. The van der Waals surface area contributed by atoms with Crippen molar-refractivity contribution >= 4 is 5.69 Å². The first-order valence-electron chi connectivity index (χ1n) is 5.44. The Morgan fingerprint density at radius 3 is 2.33 bits per heavy atom. The summed E-state index contributed by atoms with van der Waals surface area (Å²) in [7, 11) is 4.11. The topological polar surface area (TPSA) is 29.3 Å². The molecule has 1 atom stereocenters. The number of anilines is 1. The minimum absolute atomic E-state index is 0.112. The molecule has 1 aromatic carbocycles. The van der Waals surface area contributed by atoms with Crippen molar-refractivity contribution in [3.05, 3.63) is 29.8 Å². The molecule has 2 rings (SSSR count). The summed E-state index contributed by atoms with van der Waals surface area (Å²) in [6, 6.07) is 8.55. The van der Waals surface area contributed by atoms with Gasteiger partial charge in [0.15, 0.2) is 0 Å². The number of rotatable bonds is 2. The molecule has 0 bridgehead atoms. The zero-order valence-corrected chi connectivity index (χ0v) is 10.0. The molecule has 0 aliphatic heterocycles. The summed E-state index contributed by atoms with van der Waals surface area (Å²) in [5.74, 6) is 0. The summed E-state index contributed by atoms with van der Waals surface area (Å²) in [6.45, 7) is 4.46. The molecule has 0 amide bonds. The second-order valence-electron chi connectivity index (χ2n) is 5.48. The van der Waals surface area contributed by atoms with E-state index in [-0.39, 0.29) is 11.0 Å². The average molecular weight is 204 g/mol. The molecule has 2 heteroatoms. The van der Waals surface area contributed by atoms with E-state index >= 15 is 0 Å². The normalized spacial score (nSPS) is 27.5. The molecule has 1 aliphatic rings. The highest BCUT2D eigenvalue weighted by atomic mass is 15.1. The minimum atomic E-state index is -0.112. The lowest BCUT2D eigenvalue weighted by Gasteiger charge is -2.19. The third kappa shape index (κ3) is 1.53. The lowest BCUT2D eigenvalue weighted by Crippen LogP contribution is -2.25. The van der Waals surface area contributed by atoms with Gasteiger partial charge in [0.2, 0.25) is 0 Å². The quantitative estimate of drug-likeness (QED) is 0.801. The summed E-state index contributed by atoms with van der Waals surface area (Å²) in [5.41, 5.74) is 9.02. The molecule has 1 fully saturated rings. The first-order valence-corrected chi connectivity index (χ1v) is 5.44. The van der Waals surface area contributed by atoms with E-state index in [0.29, 0.717) is 0 Å². The lowest BCUT2D eigenvalue weighted by atomic mass is 9.96. The van der Waals surface area contributed by atoms with E-state index in [1.165, 1.54) is 11.3 Å². The van der Waals surface area contributed by atoms with Crippen LogP contribution in [0.25, 0.3) is 0 Å². The fraction of sp³-hybridized carbons (Fsp3) is 0.538. The van der Waals surface area contributed by atoms with E-state index < -0.39 is 0 Å². The number of hydrogen-bond donors (Lipinski definition) is 1. The highest BCUT2D eigenvalue weighted by Crippen LogP contribution is 2.60. The zero-order valence-electron chi connectivity index (χ0n) is 10.0. The van der Waals surface area contributed by atoms with Crippen molar-refractivity contribution < 1.29 is 0 Å². The van der Waals surface area contributed by atoms with Gasteiger partial charge in [0, 0.05) is 25.3 Å². The molecule has 82 valence electrons. The maximum absolute atomic E-state index is 6.40. The van der Waals surface area contributed by atoms with E-state index in [2.05, 4.69) is 57.1 Å². The molecule has 0 saturated heterocycles. The molecule has 1 aromatic rings. The highest BCUT2D eigenvalue weighted by Gasteiger charge is 2.59. The van der Waals surface area contributed by atoms with Crippen LogP contribution in [0.1, 0.15) is 25.8 Å². The van der Waals surface area contributed by atoms with Crippen LogP contribution in [-0.4, -0.2) is 14.1 Å². The Labute approximate surface area is 92.1 Å². The Hall–Kier alpha value is -1.02. The fourth-order valence-electron chi connectivity index (χ4n) is 2.21. The standard InChI is InChI=1S/C13H20N2/c1-12(2)9-13(12,14)10-6-5-7-11(8-10)15(3)4/h5-8H,9,14H2,1-4H3. The fourth-order valence-corrected chi connectivity index (χ4v) is 2.21. The van der Waals surface area contributed by atoms with Gasteiger partial charge < -0.3 is 10.6 Å². The van der Waals surface area contributed by atoms with Crippen molar-refractivity contribution in [2.24, 2.45) is 11.1 Å². The van der Waals surface area contributed by atoms with Gasteiger partial charge in [-0.05, 0) is 29.5 Å².